The van der Waals surface area contributed by atoms with Crippen molar-refractivity contribution in [1.29, 1.82) is 0 Å². The zero-order valence-corrected chi connectivity index (χ0v) is 8.44. The number of para-hydroxylation sites is 1. The van der Waals surface area contributed by atoms with Crippen LogP contribution in [0.5, 0.6) is 0 Å². The molecule has 2 heterocycles. The summed E-state index contributed by atoms with van der Waals surface area (Å²) in [6.45, 7) is 4.12. The van der Waals surface area contributed by atoms with E-state index in [4.69, 9.17) is 4.42 Å². The minimum atomic E-state index is 0.902. The molecule has 0 amide bonds. The standard InChI is InChI=1S/C11H13N3O/c1-2-9-11(15-8-13-9)10(3-1)14-6-4-12-5-7-14/h1-3,8,12H,4-7H2. The van der Waals surface area contributed by atoms with E-state index in [-0.39, 0.29) is 0 Å². The number of nitrogens with zero attached hydrogens (tertiary/aromatic N) is 2. The van der Waals surface area contributed by atoms with Gasteiger partial charge in [0, 0.05) is 26.2 Å². The maximum absolute atomic E-state index is 5.43. The first-order chi connectivity index (χ1) is 7.45. The third-order valence-electron chi connectivity index (χ3n) is 2.79. The normalized spacial score (nSPS) is 17.2. The van der Waals surface area contributed by atoms with Crippen LogP contribution in [0.25, 0.3) is 11.1 Å². The third-order valence-corrected chi connectivity index (χ3v) is 2.79. The van der Waals surface area contributed by atoms with Gasteiger partial charge in [-0.3, -0.25) is 0 Å². The minimum Gasteiger partial charge on any atom is -0.441 e. The van der Waals surface area contributed by atoms with Crippen LogP contribution in [0.3, 0.4) is 0 Å². The second-order valence-corrected chi connectivity index (χ2v) is 3.71. The summed E-state index contributed by atoms with van der Waals surface area (Å²) in [6, 6.07) is 6.10. The van der Waals surface area contributed by atoms with Gasteiger partial charge in [0.15, 0.2) is 12.0 Å². The number of hydrogen-bond acceptors (Lipinski definition) is 4. The molecular weight excluding hydrogens is 190 g/mol. The molecule has 1 saturated heterocycles. The van der Waals surface area contributed by atoms with Crippen molar-refractivity contribution in [1.82, 2.24) is 10.3 Å². The summed E-state index contributed by atoms with van der Waals surface area (Å²) in [4.78, 5) is 6.50. The molecule has 1 fully saturated rings. The number of anilines is 1. The van der Waals surface area contributed by atoms with E-state index in [1.165, 1.54) is 6.39 Å². The maximum Gasteiger partial charge on any atom is 0.182 e. The first kappa shape index (κ1) is 8.73. The molecule has 1 aromatic heterocycles. The fourth-order valence-electron chi connectivity index (χ4n) is 2.03. The Balaban J connectivity index is 2.05. The number of rotatable bonds is 1. The summed E-state index contributed by atoms with van der Waals surface area (Å²) < 4.78 is 5.43. The van der Waals surface area contributed by atoms with Crippen molar-refractivity contribution in [3.8, 4) is 0 Å². The highest BCUT2D eigenvalue weighted by Crippen LogP contribution is 2.25. The lowest BCUT2D eigenvalue weighted by Crippen LogP contribution is -2.43. The molecule has 1 aromatic carbocycles. The molecule has 4 heteroatoms. The Labute approximate surface area is 87.9 Å². The van der Waals surface area contributed by atoms with E-state index in [1.807, 2.05) is 12.1 Å². The van der Waals surface area contributed by atoms with Crippen LogP contribution in [0.1, 0.15) is 0 Å². The topological polar surface area (TPSA) is 41.3 Å². The van der Waals surface area contributed by atoms with Gasteiger partial charge >= 0.3 is 0 Å². The van der Waals surface area contributed by atoms with Gasteiger partial charge in [-0.1, -0.05) is 6.07 Å². The van der Waals surface area contributed by atoms with E-state index >= 15 is 0 Å². The summed E-state index contributed by atoms with van der Waals surface area (Å²) in [5.41, 5.74) is 3.00. The molecule has 0 radical (unpaired) electrons. The Morgan fingerprint density at radius 3 is 3.00 bits per heavy atom. The highest BCUT2D eigenvalue weighted by atomic mass is 16.3. The lowest BCUT2D eigenvalue weighted by atomic mass is 10.2. The predicted octanol–water partition coefficient (Wildman–Crippen LogP) is 1.24. The predicted molar refractivity (Wildman–Crippen MR) is 59.1 cm³/mol. The van der Waals surface area contributed by atoms with E-state index in [1.54, 1.807) is 0 Å². The quantitative estimate of drug-likeness (QED) is 0.757. The van der Waals surface area contributed by atoms with Gasteiger partial charge in [-0.05, 0) is 12.1 Å². The second-order valence-electron chi connectivity index (χ2n) is 3.71. The molecular formula is C11H13N3O. The Kier molecular flexibility index (Phi) is 2.07. The van der Waals surface area contributed by atoms with Crippen molar-refractivity contribution in [2.75, 3.05) is 31.1 Å². The zero-order valence-electron chi connectivity index (χ0n) is 8.44. The summed E-state index contributed by atoms with van der Waals surface area (Å²) >= 11 is 0. The van der Waals surface area contributed by atoms with Gasteiger partial charge < -0.3 is 14.6 Å². The van der Waals surface area contributed by atoms with Gasteiger partial charge in [0.05, 0.1) is 5.69 Å². The molecule has 0 spiro atoms. The molecule has 3 rings (SSSR count). The van der Waals surface area contributed by atoms with E-state index in [2.05, 4.69) is 21.3 Å². The zero-order chi connectivity index (χ0) is 10.1. The molecule has 0 unspecified atom stereocenters. The summed E-state index contributed by atoms with van der Waals surface area (Å²) in [5.74, 6) is 0. The van der Waals surface area contributed by atoms with Crippen LogP contribution in [0, 0.1) is 0 Å². The van der Waals surface area contributed by atoms with Gasteiger partial charge in [0.25, 0.3) is 0 Å². The van der Waals surface area contributed by atoms with Crippen molar-refractivity contribution in [2.45, 2.75) is 0 Å². The average Bonchev–Trinajstić information content (AvgIpc) is 2.78. The number of aromatic nitrogens is 1. The SMILES string of the molecule is c1cc(N2CCNCC2)c2ocnc2c1. The van der Waals surface area contributed by atoms with Crippen molar-refractivity contribution in [3.05, 3.63) is 24.6 Å². The van der Waals surface area contributed by atoms with Crippen LogP contribution in [-0.4, -0.2) is 31.2 Å². The number of benzene rings is 1. The Bertz CT molecular complexity index is 460. The lowest BCUT2D eigenvalue weighted by molar-refractivity contribution is 0.575. The molecule has 1 aliphatic rings. The van der Waals surface area contributed by atoms with Crippen LogP contribution in [0.2, 0.25) is 0 Å². The van der Waals surface area contributed by atoms with Crippen molar-refractivity contribution >= 4 is 16.8 Å². The first-order valence-corrected chi connectivity index (χ1v) is 5.23. The van der Waals surface area contributed by atoms with Crippen LogP contribution < -0.4 is 10.2 Å². The maximum atomic E-state index is 5.43. The van der Waals surface area contributed by atoms with Gasteiger partial charge in [0.2, 0.25) is 0 Å². The fourth-order valence-corrected chi connectivity index (χ4v) is 2.03. The number of fused-ring (bicyclic) bond motifs is 1. The first-order valence-electron chi connectivity index (χ1n) is 5.23. The van der Waals surface area contributed by atoms with E-state index in [0.717, 1.165) is 43.0 Å². The number of piperazine rings is 1. The minimum absolute atomic E-state index is 0.902. The van der Waals surface area contributed by atoms with Gasteiger partial charge in [-0.2, -0.15) is 0 Å². The van der Waals surface area contributed by atoms with Gasteiger partial charge in [-0.15, -0.1) is 0 Å². The molecule has 4 nitrogen and oxygen atoms in total. The average molecular weight is 203 g/mol. The Morgan fingerprint density at radius 2 is 2.13 bits per heavy atom. The van der Waals surface area contributed by atoms with Crippen molar-refractivity contribution < 1.29 is 4.42 Å². The Hall–Kier alpha value is -1.55. The highest BCUT2D eigenvalue weighted by Gasteiger charge is 2.14. The molecule has 0 bridgehead atoms. The number of nitrogens with one attached hydrogen (secondary N) is 1. The van der Waals surface area contributed by atoms with Crippen molar-refractivity contribution in [2.24, 2.45) is 0 Å². The number of oxazole rings is 1. The highest BCUT2D eigenvalue weighted by molar-refractivity contribution is 5.86. The molecule has 1 aliphatic heterocycles. The van der Waals surface area contributed by atoms with Crippen LogP contribution in [-0.2, 0) is 0 Å². The van der Waals surface area contributed by atoms with E-state index in [9.17, 15) is 0 Å². The van der Waals surface area contributed by atoms with Crippen LogP contribution >= 0.6 is 0 Å². The lowest BCUT2D eigenvalue weighted by Gasteiger charge is -2.29. The number of hydrogen-bond donors (Lipinski definition) is 1. The van der Waals surface area contributed by atoms with Crippen LogP contribution in [0.4, 0.5) is 5.69 Å². The van der Waals surface area contributed by atoms with Gasteiger partial charge in [0.1, 0.15) is 5.52 Å². The van der Waals surface area contributed by atoms with E-state index in [0.29, 0.717) is 0 Å². The largest absolute Gasteiger partial charge is 0.441 e. The Morgan fingerprint density at radius 1 is 1.27 bits per heavy atom. The molecule has 1 N–H and O–H groups in total. The molecule has 15 heavy (non-hydrogen) atoms. The third kappa shape index (κ3) is 1.47. The van der Waals surface area contributed by atoms with E-state index < -0.39 is 0 Å². The molecule has 0 saturated carbocycles. The second kappa shape index (κ2) is 3.55. The smallest absolute Gasteiger partial charge is 0.182 e. The molecule has 78 valence electrons. The van der Waals surface area contributed by atoms with Crippen molar-refractivity contribution in [3.63, 3.8) is 0 Å². The summed E-state index contributed by atoms with van der Waals surface area (Å²) in [7, 11) is 0. The van der Waals surface area contributed by atoms with Crippen LogP contribution in [0.15, 0.2) is 29.0 Å². The molecule has 0 atom stereocenters. The van der Waals surface area contributed by atoms with Gasteiger partial charge in [-0.25, -0.2) is 4.98 Å². The monoisotopic (exact) mass is 203 g/mol. The molecule has 2 aromatic rings. The molecule has 0 aliphatic carbocycles. The summed E-state index contributed by atoms with van der Waals surface area (Å²) in [5, 5.41) is 3.34. The fraction of sp³-hybridized carbons (Fsp3) is 0.364. The summed E-state index contributed by atoms with van der Waals surface area (Å²) in [6.07, 6.45) is 1.51.